The number of benzene rings is 2. The molecule has 0 aromatic heterocycles. The second kappa shape index (κ2) is 9.64. The molecule has 1 amide bonds. The van der Waals surface area contributed by atoms with Gasteiger partial charge in [-0.2, -0.15) is 8.42 Å². The molecule has 1 atom stereocenters. The molecule has 0 spiro atoms. The number of rotatable bonds is 5. The number of aromatic hydroxyl groups is 1. The van der Waals surface area contributed by atoms with E-state index in [0.717, 1.165) is 12.1 Å². The van der Waals surface area contributed by atoms with Crippen LogP contribution in [0.15, 0.2) is 47.4 Å². The van der Waals surface area contributed by atoms with Crippen LogP contribution >= 0.6 is 0 Å². The van der Waals surface area contributed by atoms with Gasteiger partial charge in [0.1, 0.15) is 4.90 Å². The molecule has 15 heteroatoms. The van der Waals surface area contributed by atoms with E-state index in [2.05, 4.69) is 9.19 Å². The van der Waals surface area contributed by atoms with Gasteiger partial charge in [0.15, 0.2) is 5.75 Å². The molecule has 0 heterocycles. The summed E-state index contributed by atoms with van der Waals surface area (Å²) in [5.41, 5.74) is -0.409. The van der Waals surface area contributed by atoms with Crippen LogP contribution in [0.5, 0.6) is 5.75 Å². The van der Waals surface area contributed by atoms with Gasteiger partial charge in [0.25, 0.3) is 10.1 Å². The zero-order valence-corrected chi connectivity index (χ0v) is 17.2. The van der Waals surface area contributed by atoms with E-state index < -0.39 is 45.5 Å². The number of phenolic OH excluding ortho intramolecular Hbond substituents is 1. The Kier molecular flexibility index (Phi) is 8.08. The first-order chi connectivity index (χ1) is 13.3. The molecule has 5 N–H and O–H groups in total. The molecule has 29 heavy (non-hydrogen) atoms. The van der Waals surface area contributed by atoms with Gasteiger partial charge in [-0.3, -0.25) is 14.7 Å². The molecular formula is C14H15AsN2O11S. The van der Waals surface area contributed by atoms with E-state index in [-0.39, 0.29) is 10.3 Å². The van der Waals surface area contributed by atoms with Gasteiger partial charge in [0.05, 0.1) is 4.92 Å². The monoisotopic (exact) mass is 494 g/mol. The fourth-order valence-electron chi connectivity index (χ4n) is 1.82. The van der Waals surface area contributed by atoms with Gasteiger partial charge in [0, 0.05) is 6.07 Å². The molecule has 2 aromatic carbocycles. The second-order valence-electron chi connectivity index (χ2n) is 5.22. The molecule has 1 unspecified atom stereocenters. The summed E-state index contributed by atoms with van der Waals surface area (Å²) in [6.07, 6.45) is 0. The topological polar surface area (TPSA) is 214 Å². The average Bonchev–Trinajstić information content (AvgIpc) is 2.61. The minimum absolute atomic E-state index is 0.0399. The standard InChI is InChI=1S/C8H10AsNO5.C6H5NO6S/c1-6(11)10-8-4-2-3-7(5-8)9(12,13)15-14;8-6-2-1-4(14(11,12)13)3-5(6)7(9)10/h2-5,14H,1H3,(H,10,11)(H,12,13);1-3,8H,(H,11,12,13). The maximum atomic E-state index is 11.3. The summed E-state index contributed by atoms with van der Waals surface area (Å²) >= 11 is -4.83. The number of nitrogens with one attached hydrogen (secondary N) is 1. The number of anilines is 1. The summed E-state index contributed by atoms with van der Waals surface area (Å²) in [7, 11) is -4.49. The van der Waals surface area contributed by atoms with Gasteiger partial charge < -0.3 is 5.11 Å². The number of carbonyl (C=O) groups excluding carboxylic acids is 1. The van der Waals surface area contributed by atoms with Crippen LogP contribution < -0.4 is 9.67 Å². The Balaban J connectivity index is 0.000000291. The van der Waals surface area contributed by atoms with Crippen LogP contribution in [0.2, 0.25) is 0 Å². The number of hydrogen-bond donors (Lipinski definition) is 5. The molecule has 0 aliphatic heterocycles. The number of hydrogen-bond acceptors (Lipinski definition) is 9. The van der Waals surface area contributed by atoms with Crippen LogP contribution in [0, 0.1) is 10.1 Å². The zero-order valence-electron chi connectivity index (χ0n) is 14.5. The van der Waals surface area contributed by atoms with Crippen LogP contribution in [0.3, 0.4) is 0 Å². The van der Waals surface area contributed by atoms with E-state index in [1.807, 2.05) is 0 Å². The van der Waals surface area contributed by atoms with Crippen molar-refractivity contribution in [1.82, 2.24) is 0 Å². The van der Waals surface area contributed by atoms with E-state index in [4.69, 9.17) is 14.9 Å². The van der Waals surface area contributed by atoms with Gasteiger partial charge >= 0.3 is 94.1 Å². The van der Waals surface area contributed by atoms with E-state index in [9.17, 15) is 31.2 Å². The minimum Gasteiger partial charge on any atom is -0.502 e. The molecule has 158 valence electrons. The third-order valence-electron chi connectivity index (χ3n) is 3.04. The van der Waals surface area contributed by atoms with Crippen molar-refractivity contribution >= 4 is 45.9 Å². The molecule has 2 rings (SSSR count). The van der Waals surface area contributed by atoms with Crippen molar-refractivity contribution in [3.05, 3.63) is 52.6 Å². The molecule has 0 radical (unpaired) electrons. The Hall–Kier alpha value is -2.74. The Labute approximate surface area is 166 Å². The van der Waals surface area contributed by atoms with Gasteiger partial charge in [-0.25, -0.2) is 0 Å². The molecule has 0 fully saturated rings. The van der Waals surface area contributed by atoms with Crippen molar-refractivity contribution in [3.63, 3.8) is 0 Å². The number of nitro benzene ring substituents is 1. The van der Waals surface area contributed by atoms with Crippen molar-refractivity contribution in [2.75, 3.05) is 5.32 Å². The smallest absolute Gasteiger partial charge is 0.312 e. The van der Waals surface area contributed by atoms with E-state index in [0.29, 0.717) is 11.8 Å². The Bertz CT molecular complexity index is 1070. The first kappa shape index (κ1) is 24.3. The van der Waals surface area contributed by atoms with Gasteiger partial charge in [0.2, 0.25) is 0 Å². The van der Waals surface area contributed by atoms with Crippen molar-refractivity contribution in [2.45, 2.75) is 11.8 Å². The van der Waals surface area contributed by atoms with Crippen molar-refractivity contribution in [3.8, 4) is 5.75 Å². The Morgan fingerprint density at radius 2 is 1.86 bits per heavy atom. The molecule has 0 aliphatic rings. The molecule has 0 saturated carbocycles. The average molecular weight is 494 g/mol. The normalized spacial score (nSPS) is 12.8. The third-order valence-corrected chi connectivity index (χ3v) is 6.31. The van der Waals surface area contributed by atoms with Gasteiger partial charge in [-0.05, 0) is 12.1 Å². The summed E-state index contributed by atoms with van der Waals surface area (Å²) in [5, 5.41) is 29.9. The number of nitrogens with zero attached hydrogens (tertiary/aromatic N) is 1. The van der Waals surface area contributed by atoms with E-state index >= 15 is 0 Å². The Morgan fingerprint density at radius 1 is 1.24 bits per heavy atom. The fourth-order valence-corrected chi connectivity index (χ4v) is 3.73. The number of nitro groups is 1. The molecule has 0 saturated heterocycles. The first-order valence-corrected chi connectivity index (χ1v) is 12.0. The summed E-state index contributed by atoms with van der Waals surface area (Å²) < 4.78 is 53.6. The predicted octanol–water partition coefficient (Wildman–Crippen LogP) is 0.250. The van der Waals surface area contributed by atoms with Crippen LogP contribution in [0.25, 0.3) is 0 Å². The number of carbonyl (C=O) groups is 1. The predicted molar refractivity (Wildman–Crippen MR) is 97.3 cm³/mol. The number of amides is 1. The maximum Gasteiger partial charge on any atom is 0.312 e. The molecule has 13 nitrogen and oxygen atoms in total. The fraction of sp³-hybridized carbons (Fsp3) is 0.0714. The number of phenols is 1. The largest absolute Gasteiger partial charge is 0.502 e. The minimum atomic E-state index is -4.83. The van der Waals surface area contributed by atoms with Crippen LogP contribution in [-0.4, -0.2) is 52.4 Å². The van der Waals surface area contributed by atoms with Gasteiger partial charge in [-0.15, -0.1) is 0 Å². The third kappa shape index (κ3) is 7.30. The molecular weight excluding hydrogens is 479 g/mol. The summed E-state index contributed by atoms with van der Waals surface area (Å²) in [4.78, 5) is 19.4. The summed E-state index contributed by atoms with van der Waals surface area (Å²) in [6, 6.07) is 7.89. The molecule has 0 aliphatic carbocycles. The van der Waals surface area contributed by atoms with Crippen molar-refractivity contribution in [2.24, 2.45) is 0 Å². The van der Waals surface area contributed by atoms with Crippen molar-refractivity contribution < 1.29 is 44.8 Å². The zero-order chi connectivity index (χ0) is 22.4. The Morgan fingerprint density at radius 3 is 2.34 bits per heavy atom. The maximum absolute atomic E-state index is 11.3. The molecule has 2 aromatic rings. The van der Waals surface area contributed by atoms with Crippen LogP contribution in [0.1, 0.15) is 6.92 Å². The van der Waals surface area contributed by atoms with Crippen LogP contribution in [0.4, 0.5) is 11.4 Å². The second-order valence-corrected chi connectivity index (χ2v) is 10.2. The van der Waals surface area contributed by atoms with Gasteiger partial charge in [-0.1, -0.05) is 0 Å². The molecule has 0 bridgehead atoms. The van der Waals surface area contributed by atoms with Crippen molar-refractivity contribution in [1.29, 1.82) is 0 Å². The quantitative estimate of drug-likeness (QED) is 0.125. The first-order valence-electron chi connectivity index (χ1n) is 7.27. The van der Waals surface area contributed by atoms with E-state index in [1.54, 1.807) is 6.07 Å². The SMILES string of the molecule is CC(=O)Nc1cccc([As](=O)(O)OO)c1.O=[N+]([O-])c1cc(S(=O)(=O)O)ccc1O. The van der Waals surface area contributed by atoms with E-state index in [1.165, 1.54) is 25.1 Å². The van der Waals surface area contributed by atoms with Crippen LogP contribution in [-0.2, 0) is 22.5 Å². The summed E-state index contributed by atoms with van der Waals surface area (Å²) in [6.45, 7) is 1.32. The summed E-state index contributed by atoms with van der Waals surface area (Å²) in [5.74, 6) is -0.959.